The minimum Gasteiger partial charge on any atom is -0.309 e. The number of anilines is 3. The predicted octanol–water partition coefficient (Wildman–Crippen LogP) is 14.1. The van der Waals surface area contributed by atoms with Gasteiger partial charge in [0.25, 0.3) is 0 Å². The number of hydrogen-bond acceptors (Lipinski definition) is 4. The monoisotopic (exact) mass is 803 g/mol. The Morgan fingerprint density at radius 2 is 0.841 bits per heavy atom. The van der Waals surface area contributed by atoms with Crippen LogP contribution in [0.5, 0.6) is 0 Å². The fourth-order valence-corrected chi connectivity index (χ4v) is 10.4. The van der Waals surface area contributed by atoms with Crippen molar-refractivity contribution in [3.05, 3.63) is 247 Å². The summed E-state index contributed by atoms with van der Waals surface area (Å²) in [5.74, 6) is 1.82. The lowest BCUT2D eigenvalue weighted by molar-refractivity contribution is 0.749. The molecule has 0 atom stereocenters. The molecule has 0 fully saturated rings. The lowest BCUT2D eigenvalue weighted by Crippen LogP contribution is -2.36. The second-order valence-corrected chi connectivity index (χ2v) is 16.4. The van der Waals surface area contributed by atoms with Crippen LogP contribution in [0.2, 0.25) is 0 Å². The van der Waals surface area contributed by atoms with Crippen LogP contribution in [0.4, 0.5) is 17.3 Å². The Labute approximate surface area is 364 Å². The van der Waals surface area contributed by atoms with E-state index in [1.54, 1.807) is 0 Å². The first-order valence-electron chi connectivity index (χ1n) is 21.5. The van der Waals surface area contributed by atoms with E-state index in [4.69, 9.17) is 15.0 Å². The molecule has 11 aromatic rings. The van der Waals surface area contributed by atoms with Gasteiger partial charge in [-0.05, 0) is 93.0 Å². The maximum absolute atomic E-state index is 5.28. The minimum absolute atomic E-state index is 0.570. The third-order valence-corrected chi connectivity index (χ3v) is 13.1. The van der Waals surface area contributed by atoms with Gasteiger partial charge in [-0.1, -0.05) is 176 Å². The molecular weight excluding hydrogens is 767 g/mol. The highest BCUT2D eigenvalue weighted by Gasteiger charge is 2.52. The molecule has 0 amide bonds. The van der Waals surface area contributed by atoms with Crippen molar-refractivity contribution in [3.63, 3.8) is 0 Å². The molecular formula is C58H37N5. The summed E-state index contributed by atoms with van der Waals surface area (Å²) in [4.78, 5) is 17.9. The molecule has 63 heavy (non-hydrogen) atoms. The number of benzene rings is 9. The van der Waals surface area contributed by atoms with Gasteiger partial charge in [0.2, 0.25) is 5.95 Å². The standard InChI is InChI=1S/C58H37N5/c1-4-18-38(19-5-1)55-59-56(39-20-6-2-7-21-39)61-57(60-55)63-53-30-16-13-27-48(53)58(49-28-14-17-31-54(49)63)47-26-12-10-24-43(47)44-34-32-41(37-50(44)58)40-33-35-52-46(36-40)45-25-11-15-29-51(45)62(52)42-22-8-3-9-23-42/h1-37H. The van der Waals surface area contributed by atoms with Gasteiger partial charge in [-0.3, -0.25) is 4.90 Å². The fourth-order valence-electron chi connectivity index (χ4n) is 10.4. The molecule has 0 N–H and O–H groups in total. The van der Waals surface area contributed by atoms with Crippen LogP contribution < -0.4 is 4.90 Å². The molecule has 1 aliphatic carbocycles. The first-order chi connectivity index (χ1) is 31.3. The second-order valence-electron chi connectivity index (χ2n) is 16.4. The summed E-state index contributed by atoms with van der Waals surface area (Å²) in [6.45, 7) is 0. The van der Waals surface area contributed by atoms with Gasteiger partial charge in [0.15, 0.2) is 11.6 Å². The van der Waals surface area contributed by atoms with Gasteiger partial charge >= 0.3 is 0 Å². The smallest absolute Gasteiger partial charge is 0.238 e. The van der Waals surface area contributed by atoms with Crippen molar-refractivity contribution < 1.29 is 0 Å². The van der Waals surface area contributed by atoms with E-state index in [0.717, 1.165) is 28.2 Å². The van der Waals surface area contributed by atoms with E-state index >= 15 is 0 Å². The quantitative estimate of drug-likeness (QED) is 0.174. The van der Waals surface area contributed by atoms with E-state index in [0.29, 0.717) is 17.6 Å². The zero-order valence-electron chi connectivity index (χ0n) is 34.1. The maximum Gasteiger partial charge on any atom is 0.238 e. The molecule has 0 unspecified atom stereocenters. The molecule has 0 radical (unpaired) electrons. The Kier molecular flexibility index (Phi) is 7.75. The summed E-state index contributed by atoms with van der Waals surface area (Å²) >= 11 is 0. The van der Waals surface area contributed by atoms with Gasteiger partial charge in [0.05, 0.1) is 27.8 Å². The molecule has 5 heteroatoms. The van der Waals surface area contributed by atoms with E-state index in [1.165, 1.54) is 66.3 Å². The topological polar surface area (TPSA) is 46.8 Å². The van der Waals surface area contributed by atoms with Crippen molar-refractivity contribution in [2.24, 2.45) is 0 Å². The van der Waals surface area contributed by atoms with Gasteiger partial charge in [-0.25, -0.2) is 4.98 Å². The summed E-state index contributed by atoms with van der Waals surface area (Å²) in [5, 5.41) is 2.47. The number of rotatable bonds is 5. The summed E-state index contributed by atoms with van der Waals surface area (Å²) in [6, 6.07) is 80.5. The molecule has 0 bridgehead atoms. The molecule has 0 saturated carbocycles. The molecule has 1 spiro atoms. The predicted molar refractivity (Wildman–Crippen MR) is 256 cm³/mol. The molecule has 1 aliphatic heterocycles. The van der Waals surface area contributed by atoms with Crippen LogP contribution in [0.25, 0.3) is 72.5 Å². The third-order valence-electron chi connectivity index (χ3n) is 13.1. The van der Waals surface area contributed by atoms with E-state index < -0.39 is 5.41 Å². The number of para-hydroxylation sites is 4. The van der Waals surface area contributed by atoms with Crippen molar-refractivity contribution in [2.45, 2.75) is 5.41 Å². The van der Waals surface area contributed by atoms with Gasteiger partial charge in [0, 0.05) is 27.6 Å². The Balaban J connectivity index is 1.04. The van der Waals surface area contributed by atoms with Crippen molar-refractivity contribution in [1.82, 2.24) is 19.5 Å². The van der Waals surface area contributed by atoms with E-state index in [9.17, 15) is 0 Å². The van der Waals surface area contributed by atoms with Crippen LogP contribution in [0.1, 0.15) is 22.3 Å². The highest BCUT2D eigenvalue weighted by atomic mass is 15.3. The number of hydrogen-bond donors (Lipinski definition) is 0. The first kappa shape index (κ1) is 35.4. The van der Waals surface area contributed by atoms with Gasteiger partial charge in [0.1, 0.15) is 0 Å². The average molecular weight is 804 g/mol. The Morgan fingerprint density at radius 1 is 0.333 bits per heavy atom. The molecule has 2 aliphatic rings. The molecule has 294 valence electrons. The van der Waals surface area contributed by atoms with Crippen LogP contribution >= 0.6 is 0 Å². The number of fused-ring (bicyclic) bond motifs is 12. The Morgan fingerprint density at radius 3 is 1.52 bits per heavy atom. The Bertz CT molecular complexity index is 3470. The molecule has 2 aromatic heterocycles. The van der Waals surface area contributed by atoms with Crippen LogP contribution in [0.15, 0.2) is 224 Å². The Hall–Kier alpha value is -8.41. The second kappa shape index (κ2) is 13.8. The zero-order chi connectivity index (χ0) is 41.5. The molecule has 3 heterocycles. The van der Waals surface area contributed by atoms with Gasteiger partial charge < -0.3 is 4.57 Å². The van der Waals surface area contributed by atoms with Crippen molar-refractivity contribution in [2.75, 3.05) is 4.90 Å². The molecule has 0 saturated heterocycles. The van der Waals surface area contributed by atoms with Crippen LogP contribution in [-0.4, -0.2) is 19.5 Å². The number of nitrogens with zero attached hydrogens (tertiary/aromatic N) is 5. The van der Waals surface area contributed by atoms with Gasteiger partial charge in [-0.15, -0.1) is 0 Å². The number of aromatic nitrogens is 4. The summed E-state index contributed by atoms with van der Waals surface area (Å²) in [5.41, 5.74) is 16.6. The zero-order valence-corrected chi connectivity index (χ0v) is 34.1. The SMILES string of the molecule is c1ccc(-c2nc(-c3ccccc3)nc(N3c4ccccc4C4(c5ccccc5-c5ccc(-c6ccc7c(c6)c6ccccc6n7-c6ccccc6)cc54)c4ccccc43)n2)cc1. The molecule has 9 aromatic carbocycles. The lowest BCUT2D eigenvalue weighted by Gasteiger charge is -2.44. The van der Waals surface area contributed by atoms with Crippen LogP contribution in [-0.2, 0) is 5.41 Å². The third kappa shape index (κ3) is 5.20. The lowest BCUT2D eigenvalue weighted by atomic mass is 9.64. The highest BCUT2D eigenvalue weighted by Crippen LogP contribution is 2.63. The van der Waals surface area contributed by atoms with E-state index in [-0.39, 0.29) is 0 Å². The maximum atomic E-state index is 5.28. The van der Waals surface area contributed by atoms with Crippen molar-refractivity contribution in [3.8, 4) is 50.7 Å². The van der Waals surface area contributed by atoms with Crippen molar-refractivity contribution >= 4 is 39.1 Å². The largest absolute Gasteiger partial charge is 0.309 e. The normalized spacial score (nSPS) is 13.2. The fraction of sp³-hybridized carbons (Fsp3) is 0.0172. The van der Waals surface area contributed by atoms with Crippen molar-refractivity contribution in [1.29, 1.82) is 0 Å². The van der Waals surface area contributed by atoms with E-state index in [2.05, 4.69) is 198 Å². The van der Waals surface area contributed by atoms with Crippen LogP contribution in [0.3, 0.4) is 0 Å². The summed E-state index contributed by atoms with van der Waals surface area (Å²) in [6.07, 6.45) is 0. The first-order valence-corrected chi connectivity index (χ1v) is 21.5. The highest BCUT2D eigenvalue weighted by molar-refractivity contribution is 6.10. The molecule has 13 rings (SSSR count). The molecule has 5 nitrogen and oxygen atoms in total. The average Bonchev–Trinajstić information content (AvgIpc) is 3.85. The summed E-state index contributed by atoms with van der Waals surface area (Å²) in [7, 11) is 0. The van der Waals surface area contributed by atoms with E-state index in [1.807, 2.05) is 36.4 Å². The van der Waals surface area contributed by atoms with Gasteiger partial charge in [-0.2, -0.15) is 9.97 Å². The minimum atomic E-state index is -0.628. The summed E-state index contributed by atoms with van der Waals surface area (Å²) < 4.78 is 2.38. The van der Waals surface area contributed by atoms with Crippen LogP contribution in [0, 0.1) is 0 Å².